The van der Waals surface area contributed by atoms with E-state index in [-0.39, 0.29) is 11.7 Å². The van der Waals surface area contributed by atoms with Crippen LogP contribution in [0, 0.1) is 0 Å². The van der Waals surface area contributed by atoms with Crippen molar-refractivity contribution < 1.29 is 9.59 Å². The molecule has 3 rings (SSSR count). The highest BCUT2D eigenvalue weighted by Gasteiger charge is 2.47. The summed E-state index contributed by atoms with van der Waals surface area (Å²) in [5.74, 6) is -1.19. The van der Waals surface area contributed by atoms with Crippen LogP contribution in [0.1, 0.15) is 25.3 Å². The third-order valence-electron chi connectivity index (χ3n) is 4.06. The molecule has 0 radical (unpaired) electrons. The fraction of sp³-hybridized carbons (Fsp3) is 0.222. The van der Waals surface area contributed by atoms with Crippen molar-refractivity contribution in [1.82, 2.24) is 5.32 Å². The van der Waals surface area contributed by atoms with Crippen LogP contribution in [0.15, 0.2) is 42.5 Å². The second-order valence-corrected chi connectivity index (χ2v) is 6.92. The molecule has 118 valence electrons. The smallest absolute Gasteiger partial charge is 0.235 e. The number of rotatable bonds is 2. The zero-order valence-corrected chi connectivity index (χ0v) is 14.2. The van der Waals surface area contributed by atoms with E-state index in [2.05, 4.69) is 5.32 Å². The van der Waals surface area contributed by atoms with Gasteiger partial charge in [0, 0.05) is 5.56 Å². The predicted molar refractivity (Wildman–Crippen MR) is 91.9 cm³/mol. The summed E-state index contributed by atoms with van der Waals surface area (Å²) >= 11 is 12.3. The van der Waals surface area contributed by atoms with Crippen LogP contribution in [-0.2, 0) is 9.59 Å². The number of carbonyl (C=O) groups is 2. The van der Waals surface area contributed by atoms with E-state index in [4.69, 9.17) is 23.2 Å². The number of carbonyl (C=O) groups excluding carboxylic acids is 2. The standard InChI is InChI=1S/C18H15Cl2NO2/c1-18(2)16(22)14(17(23)21-18)11-6-3-5-10(9-11)12-7-4-8-13(19)15(12)20/h3-9,14H,1-2H3,(H,21,23). The van der Waals surface area contributed by atoms with E-state index in [0.717, 1.165) is 11.1 Å². The molecule has 0 aliphatic carbocycles. The normalized spacial score (nSPS) is 19.7. The van der Waals surface area contributed by atoms with Gasteiger partial charge in [-0.2, -0.15) is 0 Å². The third kappa shape index (κ3) is 2.75. The van der Waals surface area contributed by atoms with Gasteiger partial charge in [0.2, 0.25) is 5.91 Å². The van der Waals surface area contributed by atoms with Gasteiger partial charge >= 0.3 is 0 Å². The van der Waals surface area contributed by atoms with E-state index in [1.807, 2.05) is 30.3 Å². The molecule has 0 bridgehead atoms. The Balaban J connectivity index is 2.06. The van der Waals surface area contributed by atoms with Crippen molar-refractivity contribution in [2.24, 2.45) is 0 Å². The fourth-order valence-corrected chi connectivity index (χ4v) is 3.25. The zero-order valence-electron chi connectivity index (χ0n) is 12.7. The van der Waals surface area contributed by atoms with E-state index >= 15 is 0 Å². The molecule has 0 spiro atoms. The summed E-state index contributed by atoms with van der Waals surface area (Å²) in [7, 11) is 0. The van der Waals surface area contributed by atoms with Crippen LogP contribution >= 0.6 is 23.2 Å². The highest BCUT2D eigenvalue weighted by molar-refractivity contribution is 6.43. The Morgan fingerprint density at radius 3 is 2.39 bits per heavy atom. The van der Waals surface area contributed by atoms with Crippen molar-refractivity contribution in [3.05, 3.63) is 58.1 Å². The lowest BCUT2D eigenvalue weighted by Gasteiger charge is -2.15. The Morgan fingerprint density at radius 2 is 1.74 bits per heavy atom. The molecular formula is C18H15Cl2NO2. The van der Waals surface area contributed by atoms with Gasteiger partial charge in [0.25, 0.3) is 0 Å². The van der Waals surface area contributed by atoms with Gasteiger partial charge in [-0.15, -0.1) is 0 Å². The minimum Gasteiger partial charge on any atom is -0.343 e. The minimum atomic E-state index is -0.842. The summed E-state index contributed by atoms with van der Waals surface area (Å²) in [5, 5.41) is 3.65. The molecule has 0 aromatic heterocycles. The lowest BCUT2D eigenvalue weighted by molar-refractivity contribution is -0.125. The van der Waals surface area contributed by atoms with Gasteiger partial charge in [0.05, 0.1) is 15.6 Å². The topological polar surface area (TPSA) is 46.2 Å². The lowest BCUT2D eigenvalue weighted by Crippen LogP contribution is -2.39. The molecule has 5 heteroatoms. The van der Waals surface area contributed by atoms with Gasteiger partial charge in [0.1, 0.15) is 5.92 Å². The molecule has 1 amide bonds. The molecule has 1 N–H and O–H groups in total. The van der Waals surface area contributed by atoms with Crippen LogP contribution < -0.4 is 5.32 Å². The van der Waals surface area contributed by atoms with Crippen LogP contribution in [0.2, 0.25) is 10.0 Å². The molecule has 1 atom stereocenters. The average Bonchev–Trinajstić information content (AvgIpc) is 2.70. The SMILES string of the molecule is CC1(C)NC(=O)C(c2cccc(-c3cccc(Cl)c3Cl)c2)C1=O. The summed E-state index contributed by atoms with van der Waals surface area (Å²) in [6.07, 6.45) is 0. The summed E-state index contributed by atoms with van der Waals surface area (Å²) in [4.78, 5) is 24.7. The monoisotopic (exact) mass is 347 g/mol. The van der Waals surface area contributed by atoms with Crippen molar-refractivity contribution in [3.63, 3.8) is 0 Å². The van der Waals surface area contributed by atoms with Crippen LogP contribution in [0.5, 0.6) is 0 Å². The molecule has 1 aliphatic rings. The molecule has 1 unspecified atom stereocenters. The van der Waals surface area contributed by atoms with Crippen LogP contribution in [0.25, 0.3) is 11.1 Å². The second-order valence-electron chi connectivity index (χ2n) is 6.14. The van der Waals surface area contributed by atoms with Gasteiger partial charge in [0.15, 0.2) is 5.78 Å². The Kier molecular flexibility index (Phi) is 3.95. The van der Waals surface area contributed by atoms with Gasteiger partial charge in [-0.3, -0.25) is 9.59 Å². The molecule has 23 heavy (non-hydrogen) atoms. The molecule has 1 aliphatic heterocycles. The molecule has 1 saturated heterocycles. The minimum absolute atomic E-state index is 0.128. The number of benzene rings is 2. The molecule has 0 saturated carbocycles. The first-order valence-corrected chi connectivity index (χ1v) is 7.97. The summed E-state index contributed by atoms with van der Waals surface area (Å²) in [5.41, 5.74) is 1.41. The molecule has 3 nitrogen and oxygen atoms in total. The maximum absolute atomic E-state index is 12.5. The number of hydrogen-bond donors (Lipinski definition) is 1. The molecule has 2 aromatic rings. The lowest BCUT2D eigenvalue weighted by atomic mass is 9.88. The Hall–Kier alpha value is -1.84. The van der Waals surface area contributed by atoms with E-state index in [9.17, 15) is 9.59 Å². The average molecular weight is 348 g/mol. The largest absolute Gasteiger partial charge is 0.343 e. The van der Waals surface area contributed by atoms with Crippen LogP contribution in [0.3, 0.4) is 0 Å². The van der Waals surface area contributed by atoms with Crippen LogP contribution in [0.4, 0.5) is 0 Å². The number of nitrogens with one attached hydrogen (secondary N) is 1. The van der Waals surface area contributed by atoms with Gasteiger partial charge < -0.3 is 5.32 Å². The number of Topliss-reactive ketones (excluding diaryl/α,β-unsaturated/α-hetero) is 1. The van der Waals surface area contributed by atoms with Gasteiger partial charge in [-0.1, -0.05) is 53.5 Å². The number of ketones is 1. The van der Waals surface area contributed by atoms with Crippen molar-refractivity contribution >= 4 is 34.9 Å². The Bertz CT molecular complexity index is 814. The fourth-order valence-electron chi connectivity index (χ4n) is 2.84. The van der Waals surface area contributed by atoms with Crippen molar-refractivity contribution in [2.75, 3.05) is 0 Å². The number of amides is 1. The van der Waals surface area contributed by atoms with Crippen LogP contribution in [-0.4, -0.2) is 17.2 Å². The first-order valence-electron chi connectivity index (χ1n) is 7.22. The van der Waals surface area contributed by atoms with Gasteiger partial charge in [-0.05, 0) is 37.1 Å². The highest BCUT2D eigenvalue weighted by atomic mass is 35.5. The summed E-state index contributed by atoms with van der Waals surface area (Å²) in [6, 6.07) is 12.7. The first kappa shape index (κ1) is 16.0. The molecule has 1 heterocycles. The second kappa shape index (κ2) is 5.66. The zero-order chi connectivity index (χ0) is 16.8. The third-order valence-corrected chi connectivity index (χ3v) is 4.88. The summed E-state index contributed by atoms with van der Waals surface area (Å²) < 4.78 is 0. The Labute approximate surface area is 144 Å². The predicted octanol–water partition coefficient (Wildman–Crippen LogP) is 4.22. The maximum Gasteiger partial charge on any atom is 0.235 e. The van der Waals surface area contributed by atoms with Crippen molar-refractivity contribution in [3.8, 4) is 11.1 Å². The first-order chi connectivity index (χ1) is 10.8. The Morgan fingerprint density at radius 1 is 1.04 bits per heavy atom. The molecule has 1 fully saturated rings. The van der Waals surface area contributed by atoms with E-state index in [1.54, 1.807) is 26.0 Å². The van der Waals surface area contributed by atoms with Crippen molar-refractivity contribution in [2.45, 2.75) is 25.3 Å². The van der Waals surface area contributed by atoms with Crippen molar-refractivity contribution in [1.29, 1.82) is 0 Å². The number of halogens is 2. The highest BCUT2D eigenvalue weighted by Crippen LogP contribution is 2.36. The van der Waals surface area contributed by atoms with E-state index in [0.29, 0.717) is 15.6 Å². The van der Waals surface area contributed by atoms with E-state index < -0.39 is 11.5 Å². The van der Waals surface area contributed by atoms with E-state index in [1.165, 1.54) is 0 Å². The van der Waals surface area contributed by atoms with Gasteiger partial charge in [-0.25, -0.2) is 0 Å². The molecule has 2 aromatic carbocycles. The quantitative estimate of drug-likeness (QED) is 0.826. The molecular weight excluding hydrogens is 333 g/mol. The maximum atomic E-state index is 12.5. The summed E-state index contributed by atoms with van der Waals surface area (Å²) in [6.45, 7) is 3.43. The number of hydrogen-bond acceptors (Lipinski definition) is 2.